The Balaban J connectivity index is 0.000000841. The molecule has 0 fully saturated rings. The highest BCUT2D eigenvalue weighted by atomic mass is 16.5. The van der Waals surface area contributed by atoms with E-state index in [2.05, 4.69) is 0 Å². The van der Waals surface area contributed by atoms with Gasteiger partial charge in [-0.25, -0.2) is 9.59 Å². The molecule has 6 nitrogen and oxygen atoms in total. The average Bonchev–Trinajstić information content (AvgIpc) is 2.46. The first-order valence-electron chi connectivity index (χ1n) is 7.48. The Labute approximate surface area is 137 Å². The van der Waals surface area contributed by atoms with Gasteiger partial charge in [0, 0.05) is 0 Å². The third-order valence-electron chi connectivity index (χ3n) is 2.32. The minimum absolute atomic E-state index is 0.139. The molecule has 130 valence electrons. The molecular formula is C17H26O6. The molecule has 0 saturated heterocycles. The first-order chi connectivity index (χ1) is 10.7. The van der Waals surface area contributed by atoms with E-state index < -0.39 is 18.0 Å². The second-order valence-electron chi connectivity index (χ2n) is 5.49. The van der Waals surface area contributed by atoms with Crippen LogP contribution in [0.2, 0.25) is 0 Å². The maximum atomic E-state index is 11.8. The standard InChI is InChI=1S/C14H18O4.C3H8O2/c1-9(2)17-13(15)11-7-5-6-8-12(11)14(16)18-10(3)4;1-3(5)2-4/h5-10H,1-4H3;3-5H,2H2,1H3. The Kier molecular flexibility index (Phi) is 9.85. The molecule has 0 spiro atoms. The second-order valence-corrected chi connectivity index (χ2v) is 5.49. The molecular weight excluding hydrogens is 300 g/mol. The van der Waals surface area contributed by atoms with Crippen LogP contribution in [0.3, 0.4) is 0 Å². The molecule has 1 aromatic carbocycles. The van der Waals surface area contributed by atoms with Crippen molar-refractivity contribution in [3.63, 3.8) is 0 Å². The average molecular weight is 326 g/mol. The monoisotopic (exact) mass is 326 g/mol. The Bertz CT molecular complexity index is 453. The summed E-state index contributed by atoms with van der Waals surface area (Å²) >= 11 is 0. The summed E-state index contributed by atoms with van der Waals surface area (Å²) in [6, 6.07) is 6.48. The van der Waals surface area contributed by atoms with Gasteiger partial charge in [-0.3, -0.25) is 0 Å². The van der Waals surface area contributed by atoms with Gasteiger partial charge >= 0.3 is 11.9 Å². The molecule has 0 aliphatic heterocycles. The smallest absolute Gasteiger partial charge is 0.339 e. The summed E-state index contributed by atoms with van der Waals surface area (Å²) in [5.41, 5.74) is 0.466. The topological polar surface area (TPSA) is 93.1 Å². The first kappa shape index (κ1) is 21.1. The number of hydrogen-bond acceptors (Lipinski definition) is 6. The van der Waals surface area contributed by atoms with Crippen molar-refractivity contribution in [1.29, 1.82) is 0 Å². The molecule has 1 rings (SSSR count). The second kappa shape index (κ2) is 10.7. The number of benzene rings is 1. The van der Waals surface area contributed by atoms with Gasteiger partial charge < -0.3 is 19.7 Å². The first-order valence-corrected chi connectivity index (χ1v) is 7.48. The fraction of sp³-hybridized carbons (Fsp3) is 0.529. The fourth-order valence-corrected chi connectivity index (χ4v) is 1.39. The van der Waals surface area contributed by atoms with E-state index in [1.54, 1.807) is 52.0 Å². The van der Waals surface area contributed by atoms with E-state index in [4.69, 9.17) is 19.7 Å². The van der Waals surface area contributed by atoms with Crippen LogP contribution in [-0.2, 0) is 9.47 Å². The highest BCUT2D eigenvalue weighted by Gasteiger charge is 2.20. The number of rotatable bonds is 5. The maximum absolute atomic E-state index is 11.8. The minimum atomic E-state index is -0.560. The van der Waals surface area contributed by atoms with Gasteiger partial charge in [0.2, 0.25) is 0 Å². The quantitative estimate of drug-likeness (QED) is 0.806. The van der Waals surface area contributed by atoms with Crippen LogP contribution in [0.1, 0.15) is 55.3 Å². The molecule has 2 N–H and O–H groups in total. The van der Waals surface area contributed by atoms with Gasteiger partial charge in [0.25, 0.3) is 0 Å². The summed E-state index contributed by atoms with van der Waals surface area (Å²) in [5, 5.41) is 16.0. The highest BCUT2D eigenvalue weighted by Crippen LogP contribution is 2.13. The third-order valence-corrected chi connectivity index (χ3v) is 2.32. The summed E-state index contributed by atoms with van der Waals surface area (Å²) in [4.78, 5) is 23.7. The van der Waals surface area contributed by atoms with E-state index >= 15 is 0 Å². The molecule has 0 amide bonds. The van der Waals surface area contributed by atoms with Crippen molar-refractivity contribution in [2.45, 2.75) is 52.9 Å². The van der Waals surface area contributed by atoms with E-state index in [1.165, 1.54) is 6.92 Å². The van der Waals surface area contributed by atoms with Crippen LogP contribution in [-0.4, -0.2) is 47.1 Å². The molecule has 1 atom stereocenters. The van der Waals surface area contributed by atoms with E-state index in [9.17, 15) is 9.59 Å². The van der Waals surface area contributed by atoms with Crippen molar-refractivity contribution < 1.29 is 29.3 Å². The molecule has 0 bridgehead atoms. The van der Waals surface area contributed by atoms with Crippen LogP contribution in [0.4, 0.5) is 0 Å². The van der Waals surface area contributed by atoms with Gasteiger partial charge in [0.1, 0.15) is 0 Å². The molecule has 0 aromatic heterocycles. The lowest BCUT2D eigenvalue weighted by atomic mass is 10.1. The predicted molar refractivity (Wildman–Crippen MR) is 86.3 cm³/mol. The van der Waals surface area contributed by atoms with Gasteiger partial charge in [-0.2, -0.15) is 0 Å². The highest BCUT2D eigenvalue weighted by molar-refractivity contribution is 6.03. The van der Waals surface area contributed by atoms with Gasteiger partial charge in [0.15, 0.2) is 0 Å². The zero-order valence-electron chi connectivity index (χ0n) is 14.3. The van der Waals surface area contributed by atoms with Crippen LogP contribution in [0, 0.1) is 0 Å². The van der Waals surface area contributed by atoms with Crippen LogP contribution in [0.15, 0.2) is 24.3 Å². The maximum Gasteiger partial charge on any atom is 0.339 e. The summed E-state index contributed by atoms with van der Waals surface area (Å²) in [6.07, 6.45) is -1.02. The zero-order valence-corrected chi connectivity index (χ0v) is 14.3. The molecule has 0 aliphatic carbocycles. The van der Waals surface area contributed by atoms with Crippen molar-refractivity contribution in [2.75, 3.05) is 6.61 Å². The fourth-order valence-electron chi connectivity index (χ4n) is 1.39. The lowest BCUT2D eigenvalue weighted by Crippen LogP contribution is -2.18. The molecule has 1 aromatic rings. The van der Waals surface area contributed by atoms with Crippen LogP contribution >= 0.6 is 0 Å². The molecule has 0 aliphatic rings. The zero-order chi connectivity index (χ0) is 18.0. The molecule has 0 radical (unpaired) electrons. The number of aliphatic hydroxyl groups excluding tert-OH is 2. The minimum Gasteiger partial charge on any atom is -0.459 e. The Morgan fingerprint density at radius 1 is 0.913 bits per heavy atom. The summed E-state index contributed by atoms with van der Waals surface area (Å²) in [7, 11) is 0. The molecule has 0 saturated carbocycles. The van der Waals surface area contributed by atoms with Crippen molar-refractivity contribution in [3.8, 4) is 0 Å². The van der Waals surface area contributed by atoms with Crippen LogP contribution < -0.4 is 0 Å². The van der Waals surface area contributed by atoms with E-state index in [0.717, 1.165) is 0 Å². The van der Waals surface area contributed by atoms with Crippen LogP contribution in [0.5, 0.6) is 0 Å². The summed E-state index contributed by atoms with van der Waals surface area (Å²) < 4.78 is 10.2. The number of ether oxygens (including phenoxy) is 2. The molecule has 1 unspecified atom stereocenters. The van der Waals surface area contributed by atoms with Gasteiger partial charge in [-0.1, -0.05) is 12.1 Å². The van der Waals surface area contributed by atoms with Gasteiger partial charge in [-0.15, -0.1) is 0 Å². The number of carbonyl (C=O) groups is 2. The summed E-state index contributed by atoms with van der Waals surface area (Å²) in [6.45, 7) is 8.42. The van der Waals surface area contributed by atoms with Crippen molar-refractivity contribution in [1.82, 2.24) is 0 Å². The normalized spacial score (nSPS) is 11.5. The Morgan fingerprint density at radius 2 is 1.22 bits per heavy atom. The Morgan fingerprint density at radius 3 is 1.43 bits per heavy atom. The SMILES string of the molecule is CC(C)OC(=O)c1ccccc1C(=O)OC(C)C.CC(O)CO. The van der Waals surface area contributed by atoms with E-state index in [0.29, 0.717) is 0 Å². The number of esters is 2. The molecule has 23 heavy (non-hydrogen) atoms. The Hall–Kier alpha value is -1.92. The molecule has 6 heteroatoms. The van der Waals surface area contributed by atoms with E-state index in [1.807, 2.05) is 0 Å². The van der Waals surface area contributed by atoms with Crippen molar-refractivity contribution in [2.24, 2.45) is 0 Å². The van der Waals surface area contributed by atoms with Gasteiger partial charge in [-0.05, 0) is 46.8 Å². The lowest BCUT2D eigenvalue weighted by Gasteiger charge is -2.12. The lowest BCUT2D eigenvalue weighted by molar-refractivity contribution is 0.0328. The van der Waals surface area contributed by atoms with Crippen molar-refractivity contribution >= 4 is 11.9 Å². The van der Waals surface area contributed by atoms with Crippen molar-refractivity contribution in [3.05, 3.63) is 35.4 Å². The van der Waals surface area contributed by atoms with E-state index in [-0.39, 0.29) is 29.9 Å². The third kappa shape index (κ3) is 8.95. The van der Waals surface area contributed by atoms with Crippen LogP contribution in [0.25, 0.3) is 0 Å². The van der Waals surface area contributed by atoms with Gasteiger partial charge in [0.05, 0.1) is 36.0 Å². The summed E-state index contributed by atoms with van der Waals surface area (Å²) in [5.74, 6) is -1.03. The molecule has 0 heterocycles. The number of carbonyl (C=O) groups excluding carboxylic acids is 2. The predicted octanol–water partition coefficient (Wildman–Crippen LogP) is 2.18. The number of aliphatic hydroxyl groups is 2. The number of hydrogen-bond donors (Lipinski definition) is 2. The largest absolute Gasteiger partial charge is 0.459 e.